The fourth-order valence-electron chi connectivity index (χ4n) is 3.41. The molecule has 0 aliphatic carbocycles. The molecule has 130 valence electrons. The first-order valence-electron chi connectivity index (χ1n) is 8.80. The maximum atomic E-state index is 10.9. The molecule has 1 N–H and O–H groups in total. The zero-order valence-corrected chi connectivity index (χ0v) is 15.4. The molecule has 0 saturated carbocycles. The molecule has 2 rings (SSSR count). The van der Waals surface area contributed by atoms with Gasteiger partial charge in [0.25, 0.3) is 0 Å². The van der Waals surface area contributed by atoms with Gasteiger partial charge < -0.3 is 9.67 Å². The van der Waals surface area contributed by atoms with Crippen molar-refractivity contribution in [2.75, 3.05) is 0 Å². The third-order valence-electron chi connectivity index (χ3n) is 4.40. The molecule has 1 aromatic carbocycles. The van der Waals surface area contributed by atoms with Crippen molar-refractivity contribution < 1.29 is 9.90 Å². The smallest absolute Gasteiger partial charge is 0.328 e. The summed E-state index contributed by atoms with van der Waals surface area (Å²) in [4.78, 5) is 10.9. The fraction of sp³-hybridized carbons (Fsp3) is 0.476. The van der Waals surface area contributed by atoms with E-state index >= 15 is 0 Å². The number of carbonyl (C=O) groups is 1. The van der Waals surface area contributed by atoms with Crippen LogP contribution in [0.2, 0.25) is 0 Å². The van der Waals surface area contributed by atoms with Gasteiger partial charge in [-0.15, -0.1) is 0 Å². The predicted octanol–water partition coefficient (Wildman–Crippen LogP) is 5.76. The van der Waals surface area contributed by atoms with Crippen molar-refractivity contribution in [3.05, 3.63) is 42.1 Å². The molecule has 0 aliphatic heterocycles. The van der Waals surface area contributed by atoms with Crippen molar-refractivity contribution in [1.29, 1.82) is 0 Å². The number of nitrogens with zero attached hydrogens (tertiary/aromatic N) is 1. The molecule has 0 spiro atoms. The van der Waals surface area contributed by atoms with Crippen LogP contribution in [0.3, 0.4) is 0 Å². The molecular formula is C21H29NO2. The maximum Gasteiger partial charge on any atom is 0.328 e. The summed E-state index contributed by atoms with van der Waals surface area (Å²) < 4.78 is 2.40. The van der Waals surface area contributed by atoms with Crippen LogP contribution < -0.4 is 0 Å². The molecule has 0 radical (unpaired) electrons. The van der Waals surface area contributed by atoms with Crippen LogP contribution in [0.4, 0.5) is 0 Å². The highest BCUT2D eigenvalue weighted by Gasteiger charge is 2.16. The molecule has 0 saturated heterocycles. The van der Waals surface area contributed by atoms with Gasteiger partial charge in [0.05, 0.1) is 0 Å². The fourth-order valence-corrected chi connectivity index (χ4v) is 3.41. The Balaban J connectivity index is 2.40. The third-order valence-corrected chi connectivity index (χ3v) is 4.40. The lowest BCUT2D eigenvalue weighted by atomic mass is 9.95. The van der Waals surface area contributed by atoms with Crippen LogP contribution in [0.15, 0.2) is 36.5 Å². The molecule has 1 aromatic heterocycles. The lowest BCUT2D eigenvalue weighted by Gasteiger charge is -2.24. The normalized spacial score (nSPS) is 12.8. The molecular weight excluding hydrogens is 298 g/mol. The number of aromatic nitrogens is 1. The average molecular weight is 327 g/mol. The number of hydrogen-bond donors (Lipinski definition) is 1. The Morgan fingerprint density at radius 2 is 1.75 bits per heavy atom. The zero-order valence-electron chi connectivity index (χ0n) is 15.4. The minimum Gasteiger partial charge on any atom is -0.478 e. The number of carboxylic acids is 1. The molecule has 0 fully saturated rings. The number of hydrogen-bond acceptors (Lipinski definition) is 1. The highest BCUT2D eigenvalue weighted by molar-refractivity contribution is 5.91. The largest absolute Gasteiger partial charge is 0.478 e. The summed E-state index contributed by atoms with van der Waals surface area (Å²) in [7, 11) is 0. The molecule has 24 heavy (non-hydrogen) atoms. The van der Waals surface area contributed by atoms with Gasteiger partial charge in [-0.3, -0.25) is 0 Å². The quantitative estimate of drug-likeness (QED) is 0.657. The van der Waals surface area contributed by atoms with Gasteiger partial charge in [0.1, 0.15) is 0 Å². The summed E-state index contributed by atoms with van der Waals surface area (Å²) in [6, 6.07) is 8.87. The Morgan fingerprint density at radius 1 is 1.12 bits per heavy atom. The molecule has 0 bridgehead atoms. The topological polar surface area (TPSA) is 42.2 Å². The zero-order chi connectivity index (χ0) is 17.9. The number of carboxylic acid groups (broad SMARTS) is 1. The summed E-state index contributed by atoms with van der Waals surface area (Å²) in [6.07, 6.45) is 5.78. The van der Waals surface area contributed by atoms with E-state index in [4.69, 9.17) is 5.11 Å². The van der Waals surface area contributed by atoms with Crippen molar-refractivity contribution in [2.24, 2.45) is 11.8 Å². The highest BCUT2D eigenvalue weighted by Crippen LogP contribution is 2.31. The minimum atomic E-state index is -0.904. The van der Waals surface area contributed by atoms with Gasteiger partial charge in [-0.25, -0.2) is 4.79 Å². The van der Waals surface area contributed by atoms with Crippen molar-refractivity contribution in [3.8, 4) is 0 Å². The van der Waals surface area contributed by atoms with E-state index in [2.05, 4.69) is 56.7 Å². The monoisotopic (exact) mass is 327 g/mol. The SMILES string of the molecule is C/C(=C\C(=O)O)c1ccc2c(ccn2C(CC(C)C)CC(C)C)c1. The number of benzene rings is 1. The molecule has 0 unspecified atom stereocenters. The average Bonchev–Trinajstić information content (AvgIpc) is 2.87. The van der Waals surface area contributed by atoms with E-state index in [-0.39, 0.29) is 0 Å². The van der Waals surface area contributed by atoms with E-state index in [9.17, 15) is 4.79 Å². The molecule has 2 aromatic rings. The van der Waals surface area contributed by atoms with Gasteiger partial charge in [0, 0.05) is 29.2 Å². The van der Waals surface area contributed by atoms with Crippen LogP contribution in [0.25, 0.3) is 16.5 Å². The Hall–Kier alpha value is -2.03. The Kier molecular flexibility index (Phi) is 5.87. The van der Waals surface area contributed by atoms with Gasteiger partial charge in [0.2, 0.25) is 0 Å². The van der Waals surface area contributed by atoms with Gasteiger partial charge >= 0.3 is 5.97 Å². The standard InChI is InChI=1S/C21H29NO2/c1-14(2)10-19(11-15(3)4)22-9-8-18-13-17(6-7-20(18)22)16(5)12-21(23)24/h6-9,12-15,19H,10-11H2,1-5H3,(H,23,24)/b16-12+. The van der Waals surface area contributed by atoms with E-state index in [1.807, 2.05) is 13.0 Å². The second-order valence-electron chi connectivity index (χ2n) is 7.58. The van der Waals surface area contributed by atoms with Crippen LogP contribution in [0, 0.1) is 11.8 Å². The summed E-state index contributed by atoms with van der Waals surface area (Å²) in [5.41, 5.74) is 2.97. The summed E-state index contributed by atoms with van der Waals surface area (Å²) in [5.74, 6) is 0.413. The minimum absolute atomic E-state index is 0.504. The van der Waals surface area contributed by atoms with E-state index in [1.54, 1.807) is 0 Å². The second-order valence-corrected chi connectivity index (χ2v) is 7.58. The first-order valence-corrected chi connectivity index (χ1v) is 8.80. The van der Waals surface area contributed by atoms with E-state index < -0.39 is 5.97 Å². The number of aliphatic carboxylic acids is 1. The van der Waals surface area contributed by atoms with Crippen LogP contribution in [0.5, 0.6) is 0 Å². The second kappa shape index (κ2) is 7.69. The third kappa shape index (κ3) is 4.50. The van der Waals surface area contributed by atoms with Gasteiger partial charge in [-0.1, -0.05) is 33.8 Å². The lowest BCUT2D eigenvalue weighted by molar-refractivity contribution is -0.131. The van der Waals surface area contributed by atoms with Crippen LogP contribution >= 0.6 is 0 Å². The maximum absolute atomic E-state index is 10.9. The van der Waals surface area contributed by atoms with Gasteiger partial charge in [-0.2, -0.15) is 0 Å². The Morgan fingerprint density at radius 3 is 2.29 bits per heavy atom. The first-order chi connectivity index (χ1) is 11.3. The van der Waals surface area contributed by atoms with Crippen molar-refractivity contribution >= 4 is 22.4 Å². The van der Waals surface area contributed by atoms with Crippen LogP contribution in [0.1, 0.15) is 59.1 Å². The molecule has 3 nitrogen and oxygen atoms in total. The molecule has 3 heteroatoms. The van der Waals surface area contributed by atoms with Crippen molar-refractivity contribution in [3.63, 3.8) is 0 Å². The molecule has 0 aliphatic rings. The van der Waals surface area contributed by atoms with Gasteiger partial charge in [-0.05, 0) is 60.9 Å². The summed E-state index contributed by atoms with van der Waals surface area (Å²) in [6.45, 7) is 10.9. The van der Waals surface area contributed by atoms with E-state index in [0.29, 0.717) is 17.9 Å². The molecule has 0 atom stereocenters. The van der Waals surface area contributed by atoms with E-state index in [1.165, 1.54) is 29.8 Å². The lowest BCUT2D eigenvalue weighted by Crippen LogP contribution is -2.13. The number of rotatable bonds is 7. The Labute approximate surface area is 145 Å². The predicted molar refractivity (Wildman–Crippen MR) is 101 cm³/mol. The van der Waals surface area contributed by atoms with Crippen molar-refractivity contribution in [2.45, 2.75) is 53.5 Å². The number of fused-ring (bicyclic) bond motifs is 1. The molecule has 0 amide bonds. The molecule has 1 heterocycles. The highest BCUT2D eigenvalue weighted by atomic mass is 16.4. The van der Waals surface area contributed by atoms with Crippen LogP contribution in [-0.4, -0.2) is 15.6 Å². The van der Waals surface area contributed by atoms with Crippen LogP contribution in [-0.2, 0) is 4.79 Å². The van der Waals surface area contributed by atoms with Crippen molar-refractivity contribution in [1.82, 2.24) is 4.57 Å². The summed E-state index contributed by atoms with van der Waals surface area (Å²) >= 11 is 0. The number of allylic oxidation sites excluding steroid dienone is 1. The summed E-state index contributed by atoms with van der Waals surface area (Å²) in [5, 5.41) is 10.1. The van der Waals surface area contributed by atoms with Gasteiger partial charge in [0.15, 0.2) is 0 Å². The first kappa shape index (κ1) is 18.3. The Bertz CT molecular complexity index is 727. The van der Waals surface area contributed by atoms with E-state index in [0.717, 1.165) is 11.1 Å².